The molecule has 7 heteroatoms. The summed E-state index contributed by atoms with van der Waals surface area (Å²) in [5, 5.41) is 3.04. The molecule has 2 rings (SSSR count). The van der Waals surface area contributed by atoms with Gasteiger partial charge in [0.1, 0.15) is 12.3 Å². The van der Waals surface area contributed by atoms with E-state index in [9.17, 15) is 13.2 Å². The molecule has 0 spiro atoms. The van der Waals surface area contributed by atoms with Crippen molar-refractivity contribution in [1.29, 1.82) is 0 Å². The van der Waals surface area contributed by atoms with Crippen LogP contribution in [0.3, 0.4) is 0 Å². The number of nitrogens with zero attached hydrogens (tertiary/aromatic N) is 1. The zero-order valence-corrected chi connectivity index (χ0v) is 20.3. The van der Waals surface area contributed by atoms with Crippen LogP contribution in [-0.2, 0) is 14.8 Å². The van der Waals surface area contributed by atoms with Crippen molar-refractivity contribution >= 4 is 21.6 Å². The molecular formula is C24H34N2O4S. The first-order chi connectivity index (χ1) is 14.4. The molecule has 0 aliphatic rings. The van der Waals surface area contributed by atoms with Crippen molar-refractivity contribution in [2.24, 2.45) is 5.92 Å². The van der Waals surface area contributed by atoms with E-state index >= 15 is 0 Å². The highest BCUT2D eigenvalue weighted by Gasteiger charge is 2.26. The van der Waals surface area contributed by atoms with E-state index in [-0.39, 0.29) is 18.5 Å². The van der Waals surface area contributed by atoms with Gasteiger partial charge in [0.2, 0.25) is 15.9 Å². The third-order valence-corrected chi connectivity index (χ3v) is 6.25. The maximum atomic E-state index is 13.0. The molecular weight excluding hydrogens is 412 g/mol. The molecule has 2 aromatic carbocycles. The lowest BCUT2D eigenvalue weighted by Gasteiger charge is -2.27. The zero-order valence-electron chi connectivity index (χ0n) is 19.5. The Balaban J connectivity index is 2.31. The van der Waals surface area contributed by atoms with Crippen LogP contribution < -0.4 is 14.4 Å². The van der Waals surface area contributed by atoms with Crippen molar-refractivity contribution in [2.75, 3.05) is 24.2 Å². The Kier molecular flexibility index (Phi) is 8.12. The Morgan fingerprint density at radius 1 is 1.06 bits per heavy atom. The van der Waals surface area contributed by atoms with Crippen LogP contribution in [0.25, 0.3) is 0 Å². The van der Waals surface area contributed by atoms with Crippen LogP contribution in [0.4, 0.5) is 5.69 Å². The summed E-state index contributed by atoms with van der Waals surface area (Å²) < 4.78 is 31.6. The number of rotatable bonds is 9. The second-order valence-electron chi connectivity index (χ2n) is 8.54. The summed E-state index contributed by atoms with van der Waals surface area (Å²) >= 11 is 0. The summed E-state index contributed by atoms with van der Waals surface area (Å²) in [5.41, 5.74) is 4.21. The summed E-state index contributed by atoms with van der Waals surface area (Å²) in [6.07, 6.45) is 1.87. The molecule has 170 valence electrons. The number of hydrogen-bond donors (Lipinski definition) is 1. The summed E-state index contributed by atoms with van der Waals surface area (Å²) in [4.78, 5) is 13.0. The van der Waals surface area contributed by atoms with Gasteiger partial charge in [-0.25, -0.2) is 8.42 Å². The standard InChI is InChI=1S/C24H34N2O4S/c1-16(2)12-22(20-8-10-21(30-6)11-9-20)25-23(27)15-26(31(7,28)29)24-18(4)13-17(3)14-19(24)5/h8-11,13-14,16,22H,12,15H2,1-7H3,(H,25,27). The molecule has 0 radical (unpaired) electrons. The maximum absolute atomic E-state index is 13.0. The molecule has 0 aliphatic carbocycles. The van der Waals surface area contributed by atoms with E-state index in [2.05, 4.69) is 19.2 Å². The predicted octanol–water partition coefficient (Wildman–Crippen LogP) is 4.29. The molecule has 0 fully saturated rings. The first-order valence-electron chi connectivity index (χ1n) is 10.4. The van der Waals surface area contributed by atoms with Gasteiger partial charge in [-0.15, -0.1) is 0 Å². The Bertz CT molecular complexity index is 991. The molecule has 0 saturated heterocycles. The lowest BCUT2D eigenvalue weighted by atomic mass is 9.97. The van der Waals surface area contributed by atoms with E-state index < -0.39 is 10.0 Å². The number of nitrogens with one attached hydrogen (secondary N) is 1. The van der Waals surface area contributed by atoms with E-state index in [1.165, 1.54) is 4.31 Å². The first kappa shape index (κ1) is 24.7. The van der Waals surface area contributed by atoms with Crippen LogP contribution in [0.5, 0.6) is 5.75 Å². The minimum atomic E-state index is -3.65. The van der Waals surface area contributed by atoms with Crippen molar-refractivity contribution in [3.05, 3.63) is 58.7 Å². The van der Waals surface area contributed by atoms with Crippen molar-refractivity contribution in [3.8, 4) is 5.75 Å². The molecule has 6 nitrogen and oxygen atoms in total. The van der Waals surface area contributed by atoms with Crippen LogP contribution in [0.1, 0.15) is 48.6 Å². The van der Waals surface area contributed by atoms with Crippen LogP contribution in [0.2, 0.25) is 0 Å². The van der Waals surface area contributed by atoms with Crippen molar-refractivity contribution < 1.29 is 17.9 Å². The van der Waals surface area contributed by atoms with E-state index in [4.69, 9.17) is 4.74 Å². The fourth-order valence-corrected chi connectivity index (χ4v) is 4.86. The third kappa shape index (κ3) is 6.72. The number of anilines is 1. The van der Waals surface area contributed by atoms with Crippen LogP contribution >= 0.6 is 0 Å². The van der Waals surface area contributed by atoms with Crippen molar-refractivity contribution in [2.45, 2.75) is 47.1 Å². The van der Waals surface area contributed by atoms with Gasteiger partial charge in [-0.05, 0) is 61.9 Å². The molecule has 31 heavy (non-hydrogen) atoms. The third-order valence-electron chi connectivity index (χ3n) is 5.13. The van der Waals surface area contributed by atoms with Crippen molar-refractivity contribution in [3.63, 3.8) is 0 Å². The fraction of sp³-hybridized carbons (Fsp3) is 0.458. The topological polar surface area (TPSA) is 75.7 Å². The average Bonchev–Trinajstić information content (AvgIpc) is 2.65. The SMILES string of the molecule is COc1ccc(C(CC(C)C)NC(=O)CN(c2c(C)cc(C)cc2C)S(C)(=O)=O)cc1. The fourth-order valence-electron chi connectivity index (χ4n) is 3.88. The van der Waals surface area contributed by atoms with Gasteiger partial charge in [-0.3, -0.25) is 9.10 Å². The normalized spacial score (nSPS) is 12.5. The second kappa shape index (κ2) is 10.2. The molecule has 1 unspecified atom stereocenters. The van der Waals surface area contributed by atoms with E-state index in [0.29, 0.717) is 11.6 Å². The first-order valence-corrected chi connectivity index (χ1v) is 12.3. The Labute approximate surface area is 186 Å². The number of carbonyl (C=O) groups excluding carboxylic acids is 1. The van der Waals surface area contributed by atoms with Crippen LogP contribution in [0.15, 0.2) is 36.4 Å². The lowest BCUT2D eigenvalue weighted by Crippen LogP contribution is -2.42. The Morgan fingerprint density at radius 2 is 1.61 bits per heavy atom. The highest BCUT2D eigenvalue weighted by Crippen LogP contribution is 2.29. The number of hydrogen-bond acceptors (Lipinski definition) is 4. The molecule has 1 amide bonds. The lowest BCUT2D eigenvalue weighted by molar-refractivity contribution is -0.120. The minimum Gasteiger partial charge on any atom is -0.497 e. The number of methoxy groups -OCH3 is 1. The highest BCUT2D eigenvalue weighted by molar-refractivity contribution is 7.92. The highest BCUT2D eigenvalue weighted by atomic mass is 32.2. The van der Waals surface area contributed by atoms with Gasteiger partial charge >= 0.3 is 0 Å². The average molecular weight is 447 g/mol. The minimum absolute atomic E-state index is 0.222. The Hall–Kier alpha value is -2.54. The van der Waals surface area contributed by atoms with Gasteiger partial charge in [0, 0.05) is 0 Å². The Morgan fingerprint density at radius 3 is 2.06 bits per heavy atom. The summed E-state index contributed by atoms with van der Waals surface area (Å²) in [7, 11) is -2.04. The molecule has 0 heterocycles. The van der Waals surface area contributed by atoms with Crippen LogP contribution in [-0.4, -0.2) is 34.2 Å². The summed E-state index contributed by atoms with van der Waals surface area (Å²) in [5.74, 6) is 0.748. The number of carbonyl (C=O) groups is 1. The largest absolute Gasteiger partial charge is 0.497 e. The second-order valence-corrected chi connectivity index (χ2v) is 10.4. The molecule has 0 bridgehead atoms. The molecule has 0 aromatic heterocycles. The molecule has 0 aliphatic heterocycles. The molecule has 0 saturated carbocycles. The number of ether oxygens (including phenoxy) is 1. The monoisotopic (exact) mass is 446 g/mol. The van der Waals surface area contributed by atoms with Gasteiger partial charge in [0.15, 0.2) is 0 Å². The van der Waals surface area contributed by atoms with Gasteiger partial charge in [-0.1, -0.05) is 43.7 Å². The van der Waals surface area contributed by atoms with Gasteiger partial charge in [0.25, 0.3) is 0 Å². The van der Waals surface area contributed by atoms with Gasteiger partial charge in [0.05, 0.1) is 25.1 Å². The smallest absolute Gasteiger partial charge is 0.241 e. The molecule has 2 aromatic rings. The zero-order chi connectivity index (χ0) is 23.3. The van der Waals surface area contributed by atoms with Crippen molar-refractivity contribution in [1.82, 2.24) is 5.32 Å². The van der Waals surface area contributed by atoms with E-state index in [1.807, 2.05) is 57.2 Å². The van der Waals surface area contributed by atoms with E-state index in [1.54, 1.807) is 7.11 Å². The number of benzene rings is 2. The number of aryl methyl sites for hydroxylation is 3. The molecule has 1 atom stereocenters. The quantitative estimate of drug-likeness (QED) is 0.623. The molecule has 1 N–H and O–H groups in total. The van der Waals surface area contributed by atoms with Gasteiger partial charge < -0.3 is 10.1 Å². The van der Waals surface area contributed by atoms with Crippen LogP contribution in [0, 0.1) is 26.7 Å². The summed E-state index contributed by atoms with van der Waals surface area (Å²) in [6.45, 7) is 9.60. The number of amides is 1. The number of sulfonamides is 1. The van der Waals surface area contributed by atoms with Gasteiger partial charge in [-0.2, -0.15) is 0 Å². The summed E-state index contributed by atoms with van der Waals surface area (Å²) in [6, 6.07) is 11.2. The predicted molar refractivity (Wildman–Crippen MR) is 126 cm³/mol. The maximum Gasteiger partial charge on any atom is 0.241 e. The van der Waals surface area contributed by atoms with E-state index in [0.717, 1.165) is 40.7 Å².